The minimum absolute atomic E-state index is 0. The van der Waals surface area contributed by atoms with Crippen LogP contribution in [0.2, 0.25) is 0 Å². The zero-order chi connectivity index (χ0) is 13.5. The highest BCUT2D eigenvalue weighted by molar-refractivity contribution is 5.97. The zero-order valence-electron chi connectivity index (χ0n) is 10.7. The van der Waals surface area contributed by atoms with Crippen molar-refractivity contribution in [1.29, 1.82) is 0 Å². The predicted octanol–water partition coefficient (Wildman–Crippen LogP) is 1.67. The van der Waals surface area contributed by atoms with Gasteiger partial charge in [-0.1, -0.05) is 0 Å². The minimum atomic E-state index is -0.388. The SMILES string of the molecule is C[C@@H](CN)NC(=O)CCC(=O)c1ccc(F)cc1.Cl. The third-order valence-electron chi connectivity index (χ3n) is 2.51. The number of amides is 1. The number of rotatable bonds is 6. The van der Waals surface area contributed by atoms with E-state index in [-0.39, 0.29) is 48.8 Å². The van der Waals surface area contributed by atoms with E-state index in [1.165, 1.54) is 24.3 Å². The molecule has 0 aliphatic heterocycles. The van der Waals surface area contributed by atoms with E-state index in [9.17, 15) is 14.0 Å². The topological polar surface area (TPSA) is 72.2 Å². The van der Waals surface area contributed by atoms with E-state index in [0.717, 1.165) is 0 Å². The van der Waals surface area contributed by atoms with E-state index in [1.54, 1.807) is 6.92 Å². The van der Waals surface area contributed by atoms with Crippen LogP contribution in [0.1, 0.15) is 30.1 Å². The Morgan fingerprint density at radius 3 is 2.37 bits per heavy atom. The Kier molecular flexibility index (Phi) is 7.95. The van der Waals surface area contributed by atoms with Crippen molar-refractivity contribution in [2.45, 2.75) is 25.8 Å². The number of hydrogen-bond donors (Lipinski definition) is 2. The molecule has 0 unspecified atom stereocenters. The summed E-state index contributed by atoms with van der Waals surface area (Å²) in [4.78, 5) is 23.1. The molecule has 0 radical (unpaired) electrons. The maximum Gasteiger partial charge on any atom is 0.220 e. The molecular formula is C13H18ClFN2O2. The van der Waals surface area contributed by atoms with Crippen LogP contribution < -0.4 is 11.1 Å². The van der Waals surface area contributed by atoms with Crippen LogP contribution in [0.4, 0.5) is 4.39 Å². The molecule has 19 heavy (non-hydrogen) atoms. The van der Waals surface area contributed by atoms with Crippen molar-refractivity contribution < 1.29 is 14.0 Å². The summed E-state index contributed by atoms with van der Waals surface area (Å²) in [7, 11) is 0. The molecule has 106 valence electrons. The van der Waals surface area contributed by atoms with Gasteiger partial charge in [0.2, 0.25) is 5.91 Å². The predicted molar refractivity (Wildman–Crippen MR) is 73.9 cm³/mol. The minimum Gasteiger partial charge on any atom is -0.352 e. The van der Waals surface area contributed by atoms with Gasteiger partial charge in [-0.05, 0) is 31.2 Å². The van der Waals surface area contributed by atoms with Crippen molar-refractivity contribution in [1.82, 2.24) is 5.32 Å². The van der Waals surface area contributed by atoms with Gasteiger partial charge in [-0.15, -0.1) is 12.4 Å². The fraction of sp³-hybridized carbons (Fsp3) is 0.385. The van der Waals surface area contributed by atoms with Crippen LogP contribution in [-0.2, 0) is 4.79 Å². The van der Waals surface area contributed by atoms with Crippen LogP contribution in [0.25, 0.3) is 0 Å². The number of benzene rings is 1. The van der Waals surface area contributed by atoms with Crippen LogP contribution >= 0.6 is 12.4 Å². The van der Waals surface area contributed by atoms with Crippen LogP contribution in [0.3, 0.4) is 0 Å². The molecule has 4 nitrogen and oxygen atoms in total. The van der Waals surface area contributed by atoms with Crippen LogP contribution in [0.15, 0.2) is 24.3 Å². The fourth-order valence-electron chi connectivity index (χ4n) is 1.41. The van der Waals surface area contributed by atoms with E-state index in [2.05, 4.69) is 5.32 Å². The molecule has 1 atom stereocenters. The van der Waals surface area contributed by atoms with Crippen molar-refractivity contribution in [2.24, 2.45) is 5.73 Å². The summed E-state index contributed by atoms with van der Waals surface area (Å²) in [6.45, 7) is 2.15. The van der Waals surface area contributed by atoms with E-state index in [1.807, 2.05) is 0 Å². The first-order chi connectivity index (χ1) is 8.52. The van der Waals surface area contributed by atoms with Gasteiger partial charge < -0.3 is 11.1 Å². The number of nitrogens with two attached hydrogens (primary N) is 1. The number of nitrogens with one attached hydrogen (secondary N) is 1. The van der Waals surface area contributed by atoms with Crippen molar-refractivity contribution in [2.75, 3.05) is 6.54 Å². The van der Waals surface area contributed by atoms with E-state index >= 15 is 0 Å². The van der Waals surface area contributed by atoms with Gasteiger partial charge in [0.05, 0.1) is 0 Å². The molecule has 0 saturated heterocycles. The summed E-state index contributed by atoms with van der Waals surface area (Å²) in [5, 5.41) is 2.67. The van der Waals surface area contributed by atoms with Gasteiger partial charge in [-0.2, -0.15) is 0 Å². The average Bonchev–Trinajstić information content (AvgIpc) is 2.36. The lowest BCUT2D eigenvalue weighted by Crippen LogP contribution is -2.37. The lowest BCUT2D eigenvalue weighted by Gasteiger charge is -2.10. The molecular weight excluding hydrogens is 271 g/mol. The Morgan fingerprint density at radius 2 is 1.84 bits per heavy atom. The Balaban J connectivity index is 0.00000324. The highest BCUT2D eigenvalue weighted by atomic mass is 35.5. The van der Waals surface area contributed by atoms with Crippen molar-refractivity contribution >= 4 is 24.1 Å². The molecule has 1 amide bonds. The van der Waals surface area contributed by atoms with Crippen LogP contribution in [0, 0.1) is 5.82 Å². The summed E-state index contributed by atoms with van der Waals surface area (Å²) < 4.78 is 12.7. The summed E-state index contributed by atoms with van der Waals surface area (Å²) in [6, 6.07) is 5.18. The second-order valence-corrected chi connectivity index (χ2v) is 4.13. The van der Waals surface area contributed by atoms with E-state index in [0.29, 0.717) is 12.1 Å². The van der Waals surface area contributed by atoms with Crippen molar-refractivity contribution in [3.63, 3.8) is 0 Å². The van der Waals surface area contributed by atoms with Gasteiger partial charge >= 0.3 is 0 Å². The summed E-state index contributed by atoms with van der Waals surface area (Å²) in [5.41, 5.74) is 5.78. The first-order valence-corrected chi connectivity index (χ1v) is 5.81. The molecule has 0 aliphatic rings. The number of carbonyl (C=O) groups excluding carboxylic acids is 2. The highest BCUT2D eigenvalue weighted by Crippen LogP contribution is 2.07. The van der Waals surface area contributed by atoms with E-state index < -0.39 is 0 Å². The number of halogens is 2. The van der Waals surface area contributed by atoms with Crippen molar-refractivity contribution in [3.05, 3.63) is 35.6 Å². The molecule has 0 bridgehead atoms. The maximum atomic E-state index is 12.7. The van der Waals surface area contributed by atoms with Gasteiger partial charge in [0, 0.05) is 31.0 Å². The first kappa shape index (κ1) is 17.5. The Morgan fingerprint density at radius 1 is 1.26 bits per heavy atom. The molecule has 0 saturated carbocycles. The van der Waals surface area contributed by atoms with Gasteiger partial charge in [-0.3, -0.25) is 9.59 Å². The molecule has 0 fully saturated rings. The smallest absolute Gasteiger partial charge is 0.220 e. The molecule has 0 aliphatic carbocycles. The number of Topliss-reactive ketones (excluding diaryl/α,β-unsaturated/α-hetero) is 1. The summed E-state index contributed by atoms with van der Waals surface area (Å²) in [5.74, 6) is -0.768. The van der Waals surface area contributed by atoms with Gasteiger partial charge in [-0.25, -0.2) is 4.39 Å². The van der Waals surface area contributed by atoms with Gasteiger partial charge in [0.15, 0.2) is 5.78 Å². The maximum absolute atomic E-state index is 12.7. The second-order valence-electron chi connectivity index (χ2n) is 4.13. The quantitative estimate of drug-likeness (QED) is 0.782. The molecule has 6 heteroatoms. The monoisotopic (exact) mass is 288 g/mol. The third-order valence-corrected chi connectivity index (χ3v) is 2.51. The third kappa shape index (κ3) is 6.31. The lowest BCUT2D eigenvalue weighted by molar-refractivity contribution is -0.121. The molecule has 1 aromatic carbocycles. The Labute approximate surface area is 118 Å². The Bertz CT molecular complexity index is 423. The van der Waals surface area contributed by atoms with Crippen LogP contribution in [-0.4, -0.2) is 24.3 Å². The van der Waals surface area contributed by atoms with Crippen molar-refractivity contribution in [3.8, 4) is 0 Å². The van der Waals surface area contributed by atoms with Gasteiger partial charge in [0.25, 0.3) is 0 Å². The fourth-order valence-corrected chi connectivity index (χ4v) is 1.41. The molecule has 0 heterocycles. The average molecular weight is 289 g/mol. The molecule has 1 aromatic rings. The number of hydrogen-bond acceptors (Lipinski definition) is 3. The first-order valence-electron chi connectivity index (χ1n) is 5.81. The second kappa shape index (κ2) is 8.61. The lowest BCUT2D eigenvalue weighted by atomic mass is 10.1. The number of ketones is 1. The Hall–Kier alpha value is -1.46. The molecule has 1 rings (SSSR count). The van der Waals surface area contributed by atoms with Crippen LogP contribution in [0.5, 0.6) is 0 Å². The van der Waals surface area contributed by atoms with Gasteiger partial charge in [0.1, 0.15) is 5.82 Å². The summed E-state index contributed by atoms with van der Waals surface area (Å²) in [6.07, 6.45) is 0.218. The highest BCUT2D eigenvalue weighted by Gasteiger charge is 2.10. The normalized spacial score (nSPS) is 11.3. The molecule has 0 spiro atoms. The largest absolute Gasteiger partial charge is 0.352 e. The zero-order valence-corrected chi connectivity index (χ0v) is 11.5. The standard InChI is InChI=1S/C13H17FN2O2.ClH/c1-9(8-15)16-13(18)7-6-12(17)10-2-4-11(14)5-3-10;/h2-5,9H,6-8,15H2,1H3,(H,16,18);1H/t9-;/m0./s1. The number of carbonyl (C=O) groups is 2. The van der Waals surface area contributed by atoms with E-state index in [4.69, 9.17) is 5.73 Å². The molecule has 3 N–H and O–H groups in total. The molecule has 0 aromatic heterocycles. The summed E-state index contributed by atoms with van der Waals surface area (Å²) >= 11 is 0.